The number of imide groups is 1. The predicted molar refractivity (Wildman–Crippen MR) is 119 cm³/mol. The van der Waals surface area contributed by atoms with E-state index in [1.54, 1.807) is 14.2 Å². The van der Waals surface area contributed by atoms with Gasteiger partial charge in [0.25, 0.3) is 0 Å². The average molecular weight is 440 g/mol. The molecule has 3 heterocycles. The Balaban J connectivity index is 1.48. The molecule has 7 heteroatoms. The van der Waals surface area contributed by atoms with Gasteiger partial charge < -0.3 is 9.64 Å². The first kappa shape index (κ1) is 21.4. The van der Waals surface area contributed by atoms with Gasteiger partial charge in [-0.1, -0.05) is 31.4 Å². The molecule has 1 N–H and O–H groups in total. The molecule has 4 atom stereocenters. The SMILES string of the molecule is COc1ccc([C@H]2N[C@]3(CCCN(CC4CCCCC4)C3=O)[C@H]3C(=O)N(C)C(=O)[C@@H]23)cc1. The number of benzene rings is 1. The molecule has 3 aliphatic heterocycles. The van der Waals surface area contributed by atoms with Crippen molar-refractivity contribution >= 4 is 17.7 Å². The summed E-state index contributed by atoms with van der Waals surface area (Å²) in [5.74, 6) is -0.332. The van der Waals surface area contributed by atoms with Gasteiger partial charge in [-0.25, -0.2) is 0 Å². The number of likely N-dealkylation sites (tertiary alicyclic amines) is 2. The Morgan fingerprint density at radius 1 is 1.03 bits per heavy atom. The van der Waals surface area contributed by atoms with Crippen LogP contribution in [0.15, 0.2) is 24.3 Å². The third kappa shape index (κ3) is 3.24. The fourth-order valence-corrected chi connectivity index (χ4v) is 6.57. The molecule has 1 aromatic carbocycles. The lowest BCUT2D eigenvalue weighted by Crippen LogP contribution is -2.63. The second-order valence-electron chi connectivity index (χ2n) is 9.96. The molecule has 3 amide bonds. The Hall–Kier alpha value is -2.41. The van der Waals surface area contributed by atoms with Crippen molar-refractivity contribution < 1.29 is 19.1 Å². The minimum absolute atomic E-state index is 0.0109. The van der Waals surface area contributed by atoms with Crippen molar-refractivity contribution in [1.82, 2.24) is 15.1 Å². The normalized spacial score (nSPS) is 33.3. The Morgan fingerprint density at radius 2 is 1.75 bits per heavy atom. The summed E-state index contributed by atoms with van der Waals surface area (Å²) in [4.78, 5) is 43.6. The highest BCUT2D eigenvalue weighted by molar-refractivity contribution is 6.10. The predicted octanol–water partition coefficient (Wildman–Crippen LogP) is 2.51. The number of nitrogens with one attached hydrogen (secondary N) is 1. The van der Waals surface area contributed by atoms with Gasteiger partial charge in [0.2, 0.25) is 17.7 Å². The molecular weight excluding hydrogens is 406 g/mol. The van der Waals surface area contributed by atoms with E-state index in [2.05, 4.69) is 5.32 Å². The maximum atomic E-state index is 14.0. The summed E-state index contributed by atoms with van der Waals surface area (Å²) in [6.45, 7) is 1.51. The standard InChI is InChI=1S/C25H33N3O4/c1-27-22(29)19-20(23(27)30)25(26-21(19)17-9-11-18(32-2)12-10-17)13-6-14-28(24(25)31)15-16-7-4-3-5-8-16/h9-12,16,19-21,26H,3-8,13-15H2,1-2H3/t19-,20-,21-,25-/m1/s1. The van der Waals surface area contributed by atoms with Crippen molar-refractivity contribution in [3.8, 4) is 5.75 Å². The minimum atomic E-state index is -1.00. The van der Waals surface area contributed by atoms with Crippen LogP contribution in [-0.4, -0.2) is 60.3 Å². The topological polar surface area (TPSA) is 79.0 Å². The largest absolute Gasteiger partial charge is 0.497 e. The fraction of sp³-hybridized carbons (Fsp3) is 0.640. The minimum Gasteiger partial charge on any atom is -0.497 e. The van der Waals surface area contributed by atoms with Crippen LogP contribution in [0.2, 0.25) is 0 Å². The van der Waals surface area contributed by atoms with E-state index >= 15 is 0 Å². The van der Waals surface area contributed by atoms with E-state index in [-0.39, 0.29) is 23.8 Å². The molecule has 0 unspecified atom stereocenters. The Morgan fingerprint density at radius 3 is 2.44 bits per heavy atom. The molecule has 1 spiro atoms. The van der Waals surface area contributed by atoms with Crippen molar-refractivity contribution in [1.29, 1.82) is 0 Å². The van der Waals surface area contributed by atoms with Gasteiger partial charge in [0.15, 0.2) is 0 Å². The van der Waals surface area contributed by atoms with Crippen molar-refractivity contribution in [3.05, 3.63) is 29.8 Å². The number of amides is 3. The molecular formula is C25H33N3O4. The van der Waals surface area contributed by atoms with Gasteiger partial charge in [0.05, 0.1) is 18.9 Å². The molecule has 1 aromatic rings. The lowest BCUT2D eigenvalue weighted by atomic mass is 9.74. The first-order valence-electron chi connectivity index (χ1n) is 12.0. The van der Waals surface area contributed by atoms with Crippen LogP contribution in [-0.2, 0) is 14.4 Å². The molecule has 4 aliphatic rings. The van der Waals surface area contributed by atoms with E-state index in [0.29, 0.717) is 12.3 Å². The molecule has 0 radical (unpaired) electrons. The molecule has 7 nitrogen and oxygen atoms in total. The van der Waals surface area contributed by atoms with Gasteiger partial charge in [-0.2, -0.15) is 0 Å². The van der Waals surface area contributed by atoms with Gasteiger partial charge in [0, 0.05) is 26.2 Å². The number of carbonyl (C=O) groups is 3. The third-order valence-corrected chi connectivity index (χ3v) is 8.22. The zero-order chi connectivity index (χ0) is 22.5. The fourth-order valence-electron chi connectivity index (χ4n) is 6.57. The van der Waals surface area contributed by atoms with Crippen LogP contribution >= 0.6 is 0 Å². The van der Waals surface area contributed by atoms with E-state index in [1.807, 2.05) is 29.2 Å². The monoisotopic (exact) mass is 439 g/mol. The van der Waals surface area contributed by atoms with Gasteiger partial charge >= 0.3 is 0 Å². The Bertz CT molecular complexity index is 910. The highest BCUT2D eigenvalue weighted by atomic mass is 16.5. The van der Waals surface area contributed by atoms with E-state index < -0.39 is 17.4 Å². The number of methoxy groups -OCH3 is 1. The van der Waals surface area contributed by atoms with E-state index in [0.717, 1.165) is 30.8 Å². The summed E-state index contributed by atoms with van der Waals surface area (Å²) in [7, 11) is 3.17. The molecule has 1 saturated carbocycles. The summed E-state index contributed by atoms with van der Waals surface area (Å²) in [5, 5.41) is 3.56. The first-order valence-corrected chi connectivity index (χ1v) is 12.0. The lowest BCUT2D eigenvalue weighted by molar-refractivity contribution is -0.149. The third-order valence-electron chi connectivity index (χ3n) is 8.22. The number of ether oxygens (including phenoxy) is 1. The quantitative estimate of drug-likeness (QED) is 0.730. The second-order valence-corrected chi connectivity index (χ2v) is 9.96. The first-order chi connectivity index (χ1) is 15.5. The number of hydrogen-bond donors (Lipinski definition) is 1. The summed E-state index contributed by atoms with van der Waals surface area (Å²) < 4.78 is 5.28. The van der Waals surface area contributed by atoms with Crippen LogP contribution in [0.1, 0.15) is 56.6 Å². The second kappa shape index (κ2) is 8.18. The number of hydrogen-bond acceptors (Lipinski definition) is 5. The van der Waals surface area contributed by atoms with E-state index in [4.69, 9.17) is 4.74 Å². The molecule has 5 rings (SSSR count). The maximum absolute atomic E-state index is 14.0. The Kier molecular flexibility index (Phi) is 5.48. The number of fused-ring (bicyclic) bond motifs is 2. The molecule has 3 saturated heterocycles. The molecule has 172 valence electrons. The van der Waals surface area contributed by atoms with Crippen LogP contribution < -0.4 is 10.1 Å². The van der Waals surface area contributed by atoms with Crippen molar-refractivity contribution in [3.63, 3.8) is 0 Å². The van der Waals surface area contributed by atoms with Crippen LogP contribution in [0.5, 0.6) is 5.75 Å². The Labute approximate surface area is 189 Å². The molecule has 4 fully saturated rings. The number of nitrogens with zero attached hydrogens (tertiary/aromatic N) is 2. The number of rotatable bonds is 4. The average Bonchev–Trinajstić information content (AvgIpc) is 3.27. The number of carbonyl (C=O) groups excluding carboxylic acids is 3. The summed E-state index contributed by atoms with van der Waals surface area (Å²) in [6.07, 6.45) is 7.53. The van der Waals surface area contributed by atoms with Crippen molar-refractivity contribution in [2.24, 2.45) is 17.8 Å². The zero-order valence-electron chi connectivity index (χ0n) is 19.0. The molecule has 32 heavy (non-hydrogen) atoms. The number of piperidine rings is 1. The smallest absolute Gasteiger partial charge is 0.243 e. The van der Waals surface area contributed by atoms with E-state index in [1.165, 1.54) is 37.0 Å². The molecule has 1 aliphatic carbocycles. The van der Waals surface area contributed by atoms with Crippen molar-refractivity contribution in [2.45, 2.75) is 56.5 Å². The van der Waals surface area contributed by atoms with Crippen LogP contribution in [0.25, 0.3) is 0 Å². The molecule has 0 aromatic heterocycles. The summed E-state index contributed by atoms with van der Waals surface area (Å²) in [5.41, 5.74) is -0.0917. The van der Waals surface area contributed by atoms with Crippen LogP contribution in [0.3, 0.4) is 0 Å². The highest BCUT2D eigenvalue weighted by Gasteiger charge is 2.68. The molecule has 0 bridgehead atoms. The van der Waals surface area contributed by atoms with Gasteiger partial charge in [0.1, 0.15) is 11.3 Å². The highest BCUT2D eigenvalue weighted by Crippen LogP contribution is 2.51. The van der Waals surface area contributed by atoms with Gasteiger partial charge in [-0.05, 0) is 49.3 Å². The van der Waals surface area contributed by atoms with Crippen LogP contribution in [0, 0.1) is 17.8 Å². The van der Waals surface area contributed by atoms with E-state index in [9.17, 15) is 14.4 Å². The zero-order valence-corrected chi connectivity index (χ0v) is 19.0. The van der Waals surface area contributed by atoms with Gasteiger partial charge in [-0.15, -0.1) is 0 Å². The lowest BCUT2D eigenvalue weighted by Gasteiger charge is -2.43. The maximum Gasteiger partial charge on any atom is 0.243 e. The van der Waals surface area contributed by atoms with Crippen LogP contribution in [0.4, 0.5) is 0 Å². The summed E-state index contributed by atoms with van der Waals surface area (Å²) in [6, 6.07) is 7.21. The van der Waals surface area contributed by atoms with Crippen molar-refractivity contribution in [2.75, 3.05) is 27.2 Å². The van der Waals surface area contributed by atoms with Gasteiger partial charge in [-0.3, -0.25) is 24.6 Å². The summed E-state index contributed by atoms with van der Waals surface area (Å²) >= 11 is 0.